The molecular formula is C36H30F3N5O4S. The average Bonchev–Trinajstić information content (AvgIpc) is 3.51. The number of anilines is 2. The van der Waals surface area contributed by atoms with Gasteiger partial charge in [0.25, 0.3) is 10.0 Å². The van der Waals surface area contributed by atoms with Crippen LogP contribution in [0.25, 0.3) is 11.1 Å². The summed E-state index contributed by atoms with van der Waals surface area (Å²) in [6.07, 6.45) is -3.72. The molecule has 9 nitrogen and oxygen atoms in total. The van der Waals surface area contributed by atoms with E-state index in [2.05, 4.69) is 14.9 Å². The van der Waals surface area contributed by atoms with Crippen molar-refractivity contribution in [1.82, 2.24) is 14.8 Å². The quantitative estimate of drug-likeness (QED) is 0.138. The van der Waals surface area contributed by atoms with Crippen LogP contribution in [0.5, 0.6) is 17.2 Å². The molecule has 1 heterocycles. The van der Waals surface area contributed by atoms with E-state index in [4.69, 9.17) is 10.5 Å². The Kier molecular flexibility index (Phi) is 9.27. The summed E-state index contributed by atoms with van der Waals surface area (Å²) in [5, 5.41) is 8.16. The zero-order valence-corrected chi connectivity index (χ0v) is 26.9. The Balaban J connectivity index is 1.42. The van der Waals surface area contributed by atoms with E-state index in [1.165, 1.54) is 24.5 Å². The van der Waals surface area contributed by atoms with Gasteiger partial charge in [0.2, 0.25) is 0 Å². The van der Waals surface area contributed by atoms with E-state index in [1.54, 1.807) is 59.2 Å². The van der Waals surface area contributed by atoms with Crippen LogP contribution < -0.4 is 19.5 Å². The fourth-order valence-electron chi connectivity index (χ4n) is 5.15. The summed E-state index contributed by atoms with van der Waals surface area (Å²) in [7, 11) is -4.74. The molecule has 0 fully saturated rings. The van der Waals surface area contributed by atoms with Gasteiger partial charge in [0.1, 0.15) is 22.7 Å². The third-order valence-electron chi connectivity index (χ3n) is 7.51. The van der Waals surface area contributed by atoms with Gasteiger partial charge in [0.05, 0.1) is 18.8 Å². The van der Waals surface area contributed by atoms with Crippen LogP contribution in [-0.2, 0) is 23.1 Å². The van der Waals surface area contributed by atoms with Crippen molar-refractivity contribution in [2.75, 3.05) is 10.0 Å². The van der Waals surface area contributed by atoms with Crippen molar-refractivity contribution in [2.45, 2.75) is 31.3 Å². The molecule has 250 valence electrons. The summed E-state index contributed by atoms with van der Waals surface area (Å²) in [4.78, 5) is -0.685. The molecule has 2 N–H and O–H groups in total. The second-order valence-electron chi connectivity index (χ2n) is 11.1. The Morgan fingerprint density at radius 2 is 1.51 bits per heavy atom. The second kappa shape index (κ2) is 13.7. The first-order valence-corrected chi connectivity index (χ1v) is 16.4. The van der Waals surface area contributed by atoms with E-state index in [0.717, 1.165) is 27.6 Å². The molecular weight excluding hydrogens is 655 g/mol. The number of halogens is 3. The number of nitrogens with two attached hydrogens (primary N) is 1. The van der Waals surface area contributed by atoms with E-state index < -0.39 is 27.0 Å². The molecule has 0 amide bonds. The molecule has 49 heavy (non-hydrogen) atoms. The van der Waals surface area contributed by atoms with Crippen LogP contribution in [0.3, 0.4) is 0 Å². The average molecular weight is 686 g/mol. The molecule has 0 aliphatic rings. The molecule has 0 unspecified atom stereocenters. The highest BCUT2D eigenvalue weighted by atomic mass is 32.2. The minimum absolute atomic E-state index is 0.142. The smallest absolute Gasteiger partial charge is 0.457 e. The van der Waals surface area contributed by atoms with Crippen molar-refractivity contribution in [1.29, 1.82) is 0 Å². The van der Waals surface area contributed by atoms with Crippen molar-refractivity contribution in [2.24, 2.45) is 0 Å². The van der Waals surface area contributed by atoms with Gasteiger partial charge < -0.3 is 19.8 Å². The van der Waals surface area contributed by atoms with Gasteiger partial charge >= 0.3 is 6.36 Å². The van der Waals surface area contributed by atoms with E-state index in [-0.39, 0.29) is 24.6 Å². The third-order valence-corrected chi connectivity index (χ3v) is 9.32. The van der Waals surface area contributed by atoms with Gasteiger partial charge in [-0.3, -0.25) is 4.31 Å². The molecule has 0 aliphatic heterocycles. The van der Waals surface area contributed by atoms with Crippen molar-refractivity contribution >= 4 is 21.4 Å². The highest BCUT2D eigenvalue weighted by Crippen LogP contribution is 2.38. The van der Waals surface area contributed by atoms with Gasteiger partial charge in [-0.15, -0.1) is 23.4 Å². The van der Waals surface area contributed by atoms with Crippen molar-refractivity contribution in [3.05, 3.63) is 145 Å². The first-order chi connectivity index (χ1) is 23.4. The maximum Gasteiger partial charge on any atom is 0.573 e. The number of ether oxygens (including phenoxy) is 2. The monoisotopic (exact) mass is 685 g/mol. The standard InChI is InChI=1S/C36H30F3N5O4S/c1-25-6-5-7-27(20-25)28-12-19-34(33(21-28)48-36(37,38)39)49(45,46)44(30-15-17-32(18-16-30)47-31-8-3-2-4-9-31)23-35-42-41-24-43(35)22-26-10-13-29(40)14-11-26/h2-21,24H,22-23,40H2,1H3. The Hall–Kier alpha value is -5.82. The zero-order valence-electron chi connectivity index (χ0n) is 26.1. The molecule has 0 radical (unpaired) electrons. The number of aromatic nitrogens is 3. The van der Waals surface area contributed by atoms with Gasteiger partial charge in [-0.1, -0.05) is 66.2 Å². The lowest BCUT2D eigenvalue weighted by Gasteiger charge is -2.26. The normalized spacial score (nSPS) is 11.7. The summed E-state index contributed by atoms with van der Waals surface area (Å²) in [5.74, 6) is 0.351. The number of aryl methyl sites for hydroxylation is 1. The molecule has 0 saturated carbocycles. The summed E-state index contributed by atoms with van der Waals surface area (Å²) in [5.41, 5.74) is 9.21. The molecule has 0 saturated heterocycles. The van der Waals surface area contributed by atoms with E-state index >= 15 is 0 Å². The van der Waals surface area contributed by atoms with Crippen LogP contribution in [0, 0.1) is 6.92 Å². The van der Waals surface area contributed by atoms with Gasteiger partial charge in [-0.05, 0) is 84.3 Å². The molecule has 0 atom stereocenters. The van der Waals surface area contributed by atoms with Gasteiger partial charge in [0.15, 0.2) is 11.6 Å². The molecule has 6 aromatic rings. The minimum Gasteiger partial charge on any atom is -0.457 e. The van der Waals surface area contributed by atoms with E-state index in [0.29, 0.717) is 28.3 Å². The van der Waals surface area contributed by atoms with Gasteiger partial charge in [-0.2, -0.15) is 0 Å². The molecule has 1 aromatic heterocycles. The fraction of sp³-hybridized carbons (Fsp3) is 0.111. The molecule has 0 bridgehead atoms. The Morgan fingerprint density at radius 3 is 2.20 bits per heavy atom. The summed E-state index contributed by atoms with van der Waals surface area (Å²) < 4.78 is 83.2. The number of nitrogen functional groups attached to an aromatic ring is 1. The number of nitrogens with zero attached hydrogens (tertiary/aromatic N) is 4. The van der Waals surface area contributed by atoms with Crippen LogP contribution in [0.1, 0.15) is 17.0 Å². The van der Waals surface area contributed by atoms with Crippen LogP contribution >= 0.6 is 0 Å². The van der Waals surface area contributed by atoms with E-state index in [1.807, 2.05) is 43.3 Å². The second-order valence-corrected chi connectivity index (χ2v) is 12.9. The van der Waals surface area contributed by atoms with Gasteiger partial charge in [-0.25, -0.2) is 8.42 Å². The topological polar surface area (TPSA) is 113 Å². The predicted octanol–water partition coefficient (Wildman–Crippen LogP) is 7.97. The zero-order chi connectivity index (χ0) is 34.6. The Bertz CT molecular complexity index is 2160. The summed E-state index contributed by atoms with van der Waals surface area (Å²) in [6.45, 7) is 1.75. The first-order valence-electron chi connectivity index (χ1n) is 15.0. The van der Waals surface area contributed by atoms with Crippen molar-refractivity contribution in [3.63, 3.8) is 0 Å². The molecule has 0 aliphatic carbocycles. The number of benzene rings is 5. The fourth-order valence-corrected chi connectivity index (χ4v) is 6.67. The minimum atomic E-state index is -5.17. The number of para-hydroxylation sites is 1. The molecule has 13 heteroatoms. The molecule has 0 spiro atoms. The summed E-state index contributed by atoms with van der Waals surface area (Å²) in [6, 6.07) is 33.0. The molecule has 6 rings (SSSR count). The van der Waals surface area contributed by atoms with Crippen LogP contribution in [0.2, 0.25) is 0 Å². The lowest BCUT2D eigenvalue weighted by atomic mass is 10.0. The first kappa shape index (κ1) is 33.1. The van der Waals surface area contributed by atoms with Crippen LogP contribution in [0.15, 0.2) is 133 Å². The number of sulfonamides is 1. The number of hydrogen-bond donors (Lipinski definition) is 1. The maximum atomic E-state index is 14.5. The van der Waals surface area contributed by atoms with Gasteiger partial charge in [0, 0.05) is 5.69 Å². The van der Waals surface area contributed by atoms with Crippen LogP contribution in [-0.4, -0.2) is 29.5 Å². The maximum absolute atomic E-state index is 14.5. The Labute approximate surface area is 281 Å². The number of alkyl halides is 3. The number of hydrogen-bond acceptors (Lipinski definition) is 7. The number of rotatable bonds is 11. The SMILES string of the molecule is Cc1cccc(-c2ccc(S(=O)(=O)N(Cc3nncn3Cc3ccc(N)cc3)c3ccc(Oc4ccccc4)cc3)c(OC(F)(F)F)c2)c1. The predicted molar refractivity (Wildman–Crippen MR) is 180 cm³/mol. The molecule has 5 aromatic carbocycles. The van der Waals surface area contributed by atoms with Crippen molar-refractivity contribution < 1.29 is 31.1 Å². The largest absolute Gasteiger partial charge is 0.573 e. The van der Waals surface area contributed by atoms with E-state index in [9.17, 15) is 21.6 Å². The lowest BCUT2D eigenvalue weighted by molar-refractivity contribution is -0.275. The highest BCUT2D eigenvalue weighted by Gasteiger charge is 2.37. The van der Waals surface area contributed by atoms with Crippen LogP contribution in [0.4, 0.5) is 24.5 Å². The third kappa shape index (κ3) is 8.01. The lowest BCUT2D eigenvalue weighted by Crippen LogP contribution is -2.32. The highest BCUT2D eigenvalue weighted by molar-refractivity contribution is 7.92. The Morgan fingerprint density at radius 1 is 0.816 bits per heavy atom. The van der Waals surface area contributed by atoms with Crippen molar-refractivity contribution in [3.8, 4) is 28.4 Å². The summed E-state index contributed by atoms with van der Waals surface area (Å²) >= 11 is 0.